The first-order valence-electron chi connectivity index (χ1n) is 6.16. The Labute approximate surface area is 119 Å². The van der Waals surface area contributed by atoms with E-state index in [1.807, 2.05) is 6.92 Å². The van der Waals surface area contributed by atoms with E-state index in [2.05, 4.69) is 10.1 Å². The smallest absolute Gasteiger partial charge is 0.258 e. The summed E-state index contributed by atoms with van der Waals surface area (Å²) < 4.78 is 18.4. The highest BCUT2D eigenvalue weighted by Gasteiger charge is 2.14. The number of aryl methyl sites for hydroxylation is 1. The molecule has 6 heteroatoms. The van der Waals surface area contributed by atoms with Crippen LogP contribution in [0.2, 0.25) is 0 Å². The Morgan fingerprint density at radius 1 is 1.05 bits per heavy atom. The lowest BCUT2D eigenvalue weighted by Gasteiger charge is -2.00. The lowest BCUT2D eigenvalue weighted by molar-refractivity contribution is 0.428. The minimum atomic E-state index is -0.392. The first-order valence-corrected chi connectivity index (χ1v) is 6.16. The summed E-state index contributed by atoms with van der Waals surface area (Å²) in [6.07, 6.45) is 0. The van der Waals surface area contributed by atoms with Gasteiger partial charge in [-0.15, -0.1) is 0 Å². The molecule has 0 aliphatic heterocycles. The highest BCUT2D eigenvalue weighted by molar-refractivity contribution is 5.64. The van der Waals surface area contributed by atoms with E-state index in [1.165, 1.54) is 30.3 Å². The van der Waals surface area contributed by atoms with Crippen LogP contribution in [0.4, 0.5) is 4.39 Å². The number of phenols is 2. The first-order chi connectivity index (χ1) is 10.0. The molecule has 0 fully saturated rings. The maximum absolute atomic E-state index is 13.3. The second-order valence-corrected chi connectivity index (χ2v) is 4.62. The molecule has 0 unspecified atom stereocenters. The molecule has 1 aromatic heterocycles. The Morgan fingerprint density at radius 3 is 2.48 bits per heavy atom. The van der Waals surface area contributed by atoms with Crippen LogP contribution in [0.1, 0.15) is 5.56 Å². The fourth-order valence-electron chi connectivity index (χ4n) is 2.00. The summed E-state index contributed by atoms with van der Waals surface area (Å²) in [4.78, 5) is 4.17. The molecule has 0 saturated carbocycles. The number of rotatable bonds is 2. The molecule has 0 spiro atoms. The van der Waals surface area contributed by atoms with Crippen LogP contribution >= 0.6 is 0 Å². The summed E-state index contributed by atoms with van der Waals surface area (Å²) in [5, 5.41) is 22.7. The van der Waals surface area contributed by atoms with Crippen LogP contribution in [-0.4, -0.2) is 20.4 Å². The average Bonchev–Trinajstić information content (AvgIpc) is 2.90. The number of halogens is 1. The van der Waals surface area contributed by atoms with Gasteiger partial charge in [0.2, 0.25) is 5.82 Å². The molecule has 3 aromatic rings. The predicted octanol–water partition coefficient (Wildman–Crippen LogP) is 3.26. The number of hydrogen-bond donors (Lipinski definition) is 2. The summed E-state index contributed by atoms with van der Waals surface area (Å²) in [5.41, 5.74) is 1.71. The van der Waals surface area contributed by atoms with Gasteiger partial charge in [0, 0.05) is 17.2 Å². The highest BCUT2D eigenvalue weighted by atomic mass is 19.1. The van der Waals surface area contributed by atoms with Crippen molar-refractivity contribution in [3.63, 3.8) is 0 Å². The number of benzene rings is 2. The SMILES string of the molecule is Cc1ccc(F)cc1-c1noc(-c2cc(O)cc(O)c2)n1. The molecule has 0 amide bonds. The standard InChI is InChI=1S/C15H11FN2O3/c1-8-2-3-10(16)6-13(8)14-17-15(21-18-14)9-4-11(19)7-12(20)5-9/h2-7,19-20H,1H3. The van der Waals surface area contributed by atoms with E-state index in [0.717, 1.165) is 5.56 Å². The van der Waals surface area contributed by atoms with E-state index in [-0.39, 0.29) is 23.2 Å². The lowest BCUT2D eigenvalue weighted by Crippen LogP contribution is -1.87. The molecule has 2 N–H and O–H groups in total. The van der Waals surface area contributed by atoms with Gasteiger partial charge in [-0.2, -0.15) is 4.98 Å². The molecular weight excluding hydrogens is 275 g/mol. The molecule has 5 nitrogen and oxygen atoms in total. The van der Waals surface area contributed by atoms with E-state index < -0.39 is 5.82 Å². The van der Waals surface area contributed by atoms with Crippen LogP contribution < -0.4 is 0 Å². The Kier molecular flexibility index (Phi) is 3.06. The monoisotopic (exact) mass is 286 g/mol. The van der Waals surface area contributed by atoms with Gasteiger partial charge in [-0.05, 0) is 36.8 Å². The molecule has 0 saturated heterocycles. The number of aromatic hydroxyl groups is 2. The van der Waals surface area contributed by atoms with Crippen molar-refractivity contribution in [1.29, 1.82) is 0 Å². The zero-order valence-corrected chi connectivity index (χ0v) is 11.0. The Bertz CT molecular complexity index is 794. The van der Waals surface area contributed by atoms with Crippen LogP contribution in [0.5, 0.6) is 11.5 Å². The van der Waals surface area contributed by atoms with Crippen molar-refractivity contribution in [2.24, 2.45) is 0 Å². The number of nitrogens with zero attached hydrogens (tertiary/aromatic N) is 2. The lowest BCUT2D eigenvalue weighted by atomic mass is 10.1. The van der Waals surface area contributed by atoms with Crippen molar-refractivity contribution in [1.82, 2.24) is 10.1 Å². The third kappa shape index (κ3) is 2.55. The Balaban J connectivity index is 2.05. The third-order valence-electron chi connectivity index (χ3n) is 3.02. The predicted molar refractivity (Wildman–Crippen MR) is 73.2 cm³/mol. The van der Waals surface area contributed by atoms with Crippen LogP contribution in [0.25, 0.3) is 22.8 Å². The number of aromatic nitrogens is 2. The molecule has 1 heterocycles. The van der Waals surface area contributed by atoms with Crippen molar-refractivity contribution in [2.45, 2.75) is 6.92 Å². The van der Waals surface area contributed by atoms with Gasteiger partial charge in [0.15, 0.2) is 0 Å². The van der Waals surface area contributed by atoms with Gasteiger partial charge in [0.25, 0.3) is 5.89 Å². The number of hydrogen-bond acceptors (Lipinski definition) is 5. The topological polar surface area (TPSA) is 79.4 Å². The van der Waals surface area contributed by atoms with E-state index in [4.69, 9.17) is 4.52 Å². The molecule has 0 radical (unpaired) electrons. The van der Waals surface area contributed by atoms with Crippen molar-refractivity contribution >= 4 is 0 Å². The van der Waals surface area contributed by atoms with E-state index in [1.54, 1.807) is 6.07 Å². The summed E-state index contributed by atoms with van der Waals surface area (Å²) in [6, 6.07) is 8.26. The quantitative estimate of drug-likeness (QED) is 0.756. The summed E-state index contributed by atoms with van der Waals surface area (Å²) in [6.45, 7) is 1.81. The fourth-order valence-corrected chi connectivity index (χ4v) is 2.00. The molecule has 0 aliphatic carbocycles. The molecule has 3 rings (SSSR count). The summed E-state index contributed by atoms with van der Waals surface area (Å²) in [5.74, 6) is -0.264. The Hall–Kier alpha value is -2.89. The van der Waals surface area contributed by atoms with Gasteiger partial charge in [-0.25, -0.2) is 4.39 Å². The zero-order valence-electron chi connectivity index (χ0n) is 11.0. The van der Waals surface area contributed by atoms with E-state index in [0.29, 0.717) is 11.1 Å². The van der Waals surface area contributed by atoms with Gasteiger partial charge >= 0.3 is 0 Å². The van der Waals surface area contributed by atoms with Gasteiger partial charge in [0.05, 0.1) is 0 Å². The van der Waals surface area contributed by atoms with Gasteiger partial charge in [-0.1, -0.05) is 11.2 Å². The molecule has 0 aliphatic rings. The van der Waals surface area contributed by atoms with Gasteiger partial charge in [0.1, 0.15) is 17.3 Å². The second kappa shape index (κ2) is 4.90. The van der Waals surface area contributed by atoms with Gasteiger partial charge in [-0.3, -0.25) is 0 Å². The molecule has 2 aromatic carbocycles. The largest absolute Gasteiger partial charge is 0.508 e. The first kappa shape index (κ1) is 13.1. The van der Waals surface area contributed by atoms with Crippen molar-refractivity contribution in [3.05, 3.63) is 47.8 Å². The molecule has 0 atom stereocenters. The maximum Gasteiger partial charge on any atom is 0.258 e. The Morgan fingerprint density at radius 2 is 1.76 bits per heavy atom. The van der Waals surface area contributed by atoms with Crippen LogP contribution in [-0.2, 0) is 0 Å². The number of phenolic OH excluding ortho intramolecular Hbond substituents is 2. The zero-order chi connectivity index (χ0) is 15.0. The van der Waals surface area contributed by atoms with E-state index >= 15 is 0 Å². The summed E-state index contributed by atoms with van der Waals surface area (Å²) >= 11 is 0. The van der Waals surface area contributed by atoms with Crippen molar-refractivity contribution in [2.75, 3.05) is 0 Å². The fraction of sp³-hybridized carbons (Fsp3) is 0.0667. The summed E-state index contributed by atoms with van der Waals surface area (Å²) in [7, 11) is 0. The minimum absolute atomic E-state index is 0.119. The van der Waals surface area contributed by atoms with E-state index in [9.17, 15) is 14.6 Å². The maximum atomic E-state index is 13.3. The highest BCUT2D eigenvalue weighted by Crippen LogP contribution is 2.29. The minimum Gasteiger partial charge on any atom is -0.508 e. The molecular formula is C15H11FN2O3. The molecule has 106 valence electrons. The molecule has 21 heavy (non-hydrogen) atoms. The molecule has 0 bridgehead atoms. The average molecular weight is 286 g/mol. The second-order valence-electron chi connectivity index (χ2n) is 4.62. The van der Waals surface area contributed by atoms with Gasteiger partial charge < -0.3 is 14.7 Å². The normalized spacial score (nSPS) is 10.8. The van der Waals surface area contributed by atoms with Crippen molar-refractivity contribution < 1.29 is 19.1 Å². The van der Waals surface area contributed by atoms with Crippen LogP contribution in [0.15, 0.2) is 40.9 Å². The van der Waals surface area contributed by atoms with Crippen LogP contribution in [0.3, 0.4) is 0 Å². The van der Waals surface area contributed by atoms with Crippen LogP contribution in [0, 0.1) is 12.7 Å². The van der Waals surface area contributed by atoms with Crippen molar-refractivity contribution in [3.8, 4) is 34.3 Å². The third-order valence-corrected chi connectivity index (χ3v) is 3.02.